The second-order valence-corrected chi connectivity index (χ2v) is 6.26. The summed E-state index contributed by atoms with van der Waals surface area (Å²) in [7, 11) is 0. The molecule has 0 unspecified atom stereocenters. The fourth-order valence-electron chi connectivity index (χ4n) is 2.66. The van der Waals surface area contributed by atoms with Crippen LogP contribution >= 0.6 is 11.8 Å². The highest BCUT2D eigenvalue weighted by molar-refractivity contribution is 7.99. The third-order valence-corrected chi connectivity index (χ3v) is 4.62. The molecule has 0 spiro atoms. The zero-order chi connectivity index (χ0) is 14.8. The summed E-state index contributed by atoms with van der Waals surface area (Å²) < 4.78 is 1.96. The van der Waals surface area contributed by atoms with Gasteiger partial charge < -0.3 is 15.2 Å². The summed E-state index contributed by atoms with van der Waals surface area (Å²) >= 11 is 1.80. The van der Waals surface area contributed by atoms with Gasteiger partial charge in [-0.25, -0.2) is 0 Å². The van der Waals surface area contributed by atoms with Gasteiger partial charge in [-0.3, -0.25) is 4.79 Å². The van der Waals surface area contributed by atoms with Gasteiger partial charge in [0.25, 0.3) is 5.91 Å². The molecule has 0 fully saturated rings. The second-order valence-electron chi connectivity index (χ2n) is 5.13. The molecule has 0 bridgehead atoms. The van der Waals surface area contributed by atoms with Crippen molar-refractivity contribution in [3.63, 3.8) is 0 Å². The van der Waals surface area contributed by atoms with Gasteiger partial charge in [0.05, 0.1) is 11.4 Å². The molecule has 0 saturated heterocycles. The normalized spacial score (nSPS) is 14.0. The van der Waals surface area contributed by atoms with Crippen molar-refractivity contribution < 1.29 is 4.79 Å². The predicted octanol–water partition coefficient (Wildman–Crippen LogP) is 3.23. The number of carbonyl (C=O) groups is 1. The maximum Gasteiger partial charge on any atom is 0.275 e. The molecule has 0 radical (unpaired) electrons. The quantitative estimate of drug-likeness (QED) is 0.947. The van der Waals surface area contributed by atoms with E-state index in [0.29, 0.717) is 11.4 Å². The van der Waals surface area contributed by atoms with Crippen LogP contribution in [-0.2, 0) is 6.54 Å². The minimum Gasteiger partial charge on any atom is -0.397 e. The van der Waals surface area contributed by atoms with Gasteiger partial charge in [-0.1, -0.05) is 19.1 Å². The summed E-state index contributed by atoms with van der Waals surface area (Å²) in [6.07, 6.45) is 2.82. The van der Waals surface area contributed by atoms with Crippen LogP contribution < -0.4 is 10.6 Å². The van der Waals surface area contributed by atoms with Crippen molar-refractivity contribution in [3.8, 4) is 0 Å². The molecule has 3 rings (SSSR count). The number of nitrogens with zero attached hydrogens (tertiary/aromatic N) is 2. The molecular weight excluding hydrogens is 282 g/mol. The Labute approximate surface area is 128 Å². The molecule has 2 aromatic rings. The first kappa shape index (κ1) is 14.1. The fourth-order valence-corrected chi connectivity index (χ4v) is 3.65. The maximum absolute atomic E-state index is 12.9. The Kier molecular flexibility index (Phi) is 3.92. The van der Waals surface area contributed by atoms with Crippen molar-refractivity contribution >= 4 is 29.0 Å². The van der Waals surface area contributed by atoms with E-state index in [1.54, 1.807) is 17.8 Å². The van der Waals surface area contributed by atoms with Gasteiger partial charge in [0.15, 0.2) is 0 Å². The fraction of sp³-hybridized carbons (Fsp3) is 0.312. The van der Waals surface area contributed by atoms with E-state index in [0.717, 1.165) is 31.0 Å². The number of aromatic nitrogens is 1. The molecule has 21 heavy (non-hydrogen) atoms. The Morgan fingerprint density at radius 3 is 3.00 bits per heavy atom. The molecule has 1 amide bonds. The SMILES string of the molecule is CCCn1cc(N)cc1C(=O)N1CCSc2ccccc21. The highest BCUT2D eigenvalue weighted by Gasteiger charge is 2.25. The molecule has 1 aliphatic rings. The van der Waals surface area contributed by atoms with Crippen LogP contribution in [0.4, 0.5) is 11.4 Å². The van der Waals surface area contributed by atoms with E-state index in [-0.39, 0.29) is 5.91 Å². The summed E-state index contributed by atoms with van der Waals surface area (Å²) in [4.78, 5) is 15.9. The van der Waals surface area contributed by atoms with Crippen LogP contribution in [0.15, 0.2) is 41.4 Å². The van der Waals surface area contributed by atoms with E-state index < -0.39 is 0 Å². The minimum atomic E-state index is 0.0351. The average molecular weight is 301 g/mol. The maximum atomic E-state index is 12.9. The highest BCUT2D eigenvalue weighted by Crippen LogP contribution is 2.35. The monoisotopic (exact) mass is 301 g/mol. The first-order chi connectivity index (χ1) is 10.2. The molecule has 1 aromatic heterocycles. The van der Waals surface area contributed by atoms with Crippen LogP contribution in [0.3, 0.4) is 0 Å². The van der Waals surface area contributed by atoms with Gasteiger partial charge in [-0.05, 0) is 24.6 Å². The number of benzene rings is 1. The third-order valence-electron chi connectivity index (χ3n) is 3.58. The van der Waals surface area contributed by atoms with E-state index in [1.807, 2.05) is 33.9 Å². The number of hydrogen-bond acceptors (Lipinski definition) is 3. The zero-order valence-electron chi connectivity index (χ0n) is 12.1. The minimum absolute atomic E-state index is 0.0351. The molecule has 2 N–H and O–H groups in total. The van der Waals surface area contributed by atoms with E-state index in [2.05, 4.69) is 13.0 Å². The predicted molar refractivity (Wildman–Crippen MR) is 88.0 cm³/mol. The molecule has 0 saturated carbocycles. The largest absolute Gasteiger partial charge is 0.397 e. The van der Waals surface area contributed by atoms with Gasteiger partial charge in [0, 0.05) is 29.9 Å². The molecule has 5 heteroatoms. The van der Waals surface area contributed by atoms with E-state index in [1.165, 1.54) is 4.90 Å². The lowest BCUT2D eigenvalue weighted by Gasteiger charge is -2.29. The number of aryl methyl sites for hydroxylation is 1. The van der Waals surface area contributed by atoms with Gasteiger partial charge >= 0.3 is 0 Å². The summed E-state index contributed by atoms with van der Waals surface area (Å²) in [5.74, 6) is 0.958. The lowest BCUT2D eigenvalue weighted by atomic mass is 10.2. The van der Waals surface area contributed by atoms with Crippen molar-refractivity contribution in [2.45, 2.75) is 24.8 Å². The van der Waals surface area contributed by atoms with Crippen LogP contribution in [0.2, 0.25) is 0 Å². The number of amides is 1. The molecule has 0 atom stereocenters. The number of nitrogen functional groups attached to an aromatic ring is 1. The molecule has 1 aliphatic heterocycles. The van der Waals surface area contributed by atoms with Gasteiger partial charge in [0.1, 0.15) is 5.69 Å². The Balaban J connectivity index is 1.96. The Hall–Kier alpha value is -1.88. The molecule has 4 nitrogen and oxygen atoms in total. The number of fused-ring (bicyclic) bond motifs is 1. The number of rotatable bonds is 3. The summed E-state index contributed by atoms with van der Waals surface area (Å²) in [5.41, 5.74) is 8.20. The van der Waals surface area contributed by atoms with E-state index in [4.69, 9.17) is 5.73 Å². The van der Waals surface area contributed by atoms with Gasteiger partial charge in [0.2, 0.25) is 0 Å². The number of nitrogens with two attached hydrogens (primary N) is 1. The summed E-state index contributed by atoms with van der Waals surface area (Å²) in [6.45, 7) is 3.64. The lowest BCUT2D eigenvalue weighted by molar-refractivity contribution is 0.0978. The van der Waals surface area contributed by atoms with E-state index >= 15 is 0 Å². The Morgan fingerprint density at radius 2 is 2.19 bits per heavy atom. The van der Waals surface area contributed by atoms with Crippen LogP contribution in [0, 0.1) is 0 Å². The Bertz CT molecular complexity index is 665. The smallest absolute Gasteiger partial charge is 0.275 e. The number of carbonyl (C=O) groups excluding carboxylic acids is 1. The third kappa shape index (κ3) is 2.65. The molecule has 0 aliphatic carbocycles. The van der Waals surface area contributed by atoms with Crippen LogP contribution in [0.5, 0.6) is 0 Å². The van der Waals surface area contributed by atoms with Gasteiger partial charge in [-0.15, -0.1) is 11.8 Å². The van der Waals surface area contributed by atoms with Crippen molar-refractivity contribution in [1.82, 2.24) is 4.57 Å². The zero-order valence-corrected chi connectivity index (χ0v) is 12.9. The van der Waals surface area contributed by atoms with Crippen molar-refractivity contribution in [3.05, 3.63) is 42.2 Å². The molecule has 2 heterocycles. The standard InChI is InChI=1S/C16H19N3OS/c1-2-7-18-11-12(17)10-14(18)16(20)19-8-9-21-15-6-4-3-5-13(15)19/h3-6,10-11H,2,7-9,17H2,1H3. The van der Waals surface area contributed by atoms with Crippen LogP contribution in [0.1, 0.15) is 23.8 Å². The first-order valence-electron chi connectivity index (χ1n) is 7.20. The van der Waals surface area contributed by atoms with Crippen LogP contribution in [-0.4, -0.2) is 22.8 Å². The number of thioether (sulfide) groups is 1. The topological polar surface area (TPSA) is 51.3 Å². The van der Waals surface area contributed by atoms with Crippen molar-refractivity contribution in [2.75, 3.05) is 22.9 Å². The first-order valence-corrected chi connectivity index (χ1v) is 8.18. The van der Waals surface area contributed by atoms with Crippen LogP contribution in [0.25, 0.3) is 0 Å². The lowest BCUT2D eigenvalue weighted by Crippen LogP contribution is -2.36. The van der Waals surface area contributed by atoms with Gasteiger partial charge in [-0.2, -0.15) is 0 Å². The summed E-state index contributed by atoms with van der Waals surface area (Å²) in [5, 5.41) is 0. The number of anilines is 2. The number of para-hydroxylation sites is 1. The molecular formula is C16H19N3OS. The highest BCUT2D eigenvalue weighted by atomic mass is 32.2. The second kappa shape index (κ2) is 5.85. The van der Waals surface area contributed by atoms with Crippen molar-refractivity contribution in [1.29, 1.82) is 0 Å². The molecule has 1 aromatic carbocycles. The Morgan fingerprint density at radius 1 is 1.38 bits per heavy atom. The summed E-state index contributed by atoms with van der Waals surface area (Å²) in [6, 6.07) is 9.85. The van der Waals surface area contributed by atoms with Crippen molar-refractivity contribution in [2.24, 2.45) is 0 Å². The number of hydrogen-bond donors (Lipinski definition) is 1. The van der Waals surface area contributed by atoms with E-state index in [9.17, 15) is 4.79 Å². The average Bonchev–Trinajstić information content (AvgIpc) is 2.87. The molecule has 110 valence electrons.